The Bertz CT molecular complexity index is 1020. The topological polar surface area (TPSA) is 357 Å². The number of carbonyl (C=O) groups excluding carboxylic acids is 1. The molecule has 4 aliphatic heterocycles. The molecular weight excluding hydrogens is 662 g/mol. The second-order valence-corrected chi connectivity index (χ2v) is 11.9. The molecule has 280 valence electrons. The Morgan fingerprint density at radius 3 is 1.46 bits per heavy atom. The van der Waals surface area contributed by atoms with E-state index in [1.165, 1.54) is 0 Å². The Balaban J connectivity index is 1.56. The van der Waals surface area contributed by atoms with E-state index in [4.69, 9.17) is 33.2 Å². The number of aliphatic hydroxyl groups excluding tert-OH is 13. The quantitative estimate of drug-likeness (QED) is 0.0947. The van der Waals surface area contributed by atoms with E-state index in [2.05, 4.69) is 5.32 Å². The molecule has 4 fully saturated rings. The summed E-state index contributed by atoms with van der Waals surface area (Å²) in [4.78, 5) is 12.2. The van der Waals surface area contributed by atoms with Gasteiger partial charge in [0.05, 0.1) is 26.4 Å². The van der Waals surface area contributed by atoms with E-state index in [9.17, 15) is 71.2 Å². The van der Waals surface area contributed by atoms with Gasteiger partial charge in [-0.1, -0.05) is 0 Å². The van der Waals surface area contributed by atoms with E-state index in [1.54, 1.807) is 0 Å². The molecule has 48 heavy (non-hydrogen) atoms. The van der Waals surface area contributed by atoms with Crippen LogP contribution in [0, 0.1) is 0 Å². The fraction of sp³-hybridized carbons (Fsp3) is 0.962. The molecule has 1 amide bonds. The minimum absolute atomic E-state index is 0.749. The van der Waals surface area contributed by atoms with Crippen LogP contribution >= 0.6 is 0 Å². The lowest BCUT2D eigenvalue weighted by molar-refractivity contribution is -0.378. The van der Waals surface area contributed by atoms with E-state index in [-0.39, 0.29) is 0 Å². The molecule has 22 heteroatoms. The third-order valence-corrected chi connectivity index (χ3v) is 8.61. The van der Waals surface area contributed by atoms with Gasteiger partial charge in [-0.25, -0.2) is 0 Å². The Labute approximate surface area is 272 Å². The maximum absolute atomic E-state index is 12.2. The van der Waals surface area contributed by atoms with Crippen molar-refractivity contribution in [1.82, 2.24) is 5.32 Å². The number of aliphatic hydroxyl groups is 13. The predicted octanol–water partition coefficient (Wildman–Crippen LogP) is -9.61. The van der Waals surface area contributed by atoms with Crippen LogP contribution in [0.3, 0.4) is 0 Å². The lowest BCUT2D eigenvalue weighted by Crippen LogP contribution is -2.70. The lowest BCUT2D eigenvalue weighted by atomic mass is 9.94. The minimum Gasteiger partial charge on any atom is -0.394 e. The molecule has 4 aliphatic rings. The number of hydrogen-bond donors (Lipinski definition) is 14. The highest BCUT2D eigenvalue weighted by Crippen LogP contribution is 2.34. The summed E-state index contributed by atoms with van der Waals surface area (Å²) in [7, 11) is 0. The van der Waals surface area contributed by atoms with Crippen molar-refractivity contribution >= 4 is 5.91 Å². The highest BCUT2D eigenvalue weighted by Gasteiger charge is 2.55. The van der Waals surface area contributed by atoms with Crippen LogP contribution in [0.4, 0.5) is 0 Å². The van der Waals surface area contributed by atoms with Crippen LogP contribution in [-0.4, -0.2) is 221 Å². The van der Waals surface area contributed by atoms with Gasteiger partial charge >= 0.3 is 0 Å². The van der Waals surface area contributed by atoms with Crippen molar-refractivity contribution < 1.29 is 104 Å². The molecule has 22 nitrogen and oxygen atoms in total. The largest absolute Gasteiger partial charge is 0.394 e. The first kappa shape index (κ1) is 39.5. The molecule has 0 aliphatic carbocycles. The van der Waals surface area contributed by atoms with Crippen LogP contribution in [0.1, 0.15) is 6.92 Å². The van der Waals surface area contributed by atoms with Crippen LogP contribution in [-0.2, 0) is 38.0 Å². The lowest BCUT2D eigenvalue weighted by Gasteiger charge is -2.50. The fourth-order valence-corrected chi connectivity index (χ4v) is 5.95. The molecule has 4 saturated heterocycles. The zero-order chi connectivity index (χ0) is 35.6. The van der Waals surface area contributed by atoms with E-state index in [1.807, 2.05) is 0 Å². The van der Waals surface area contributed by atoms with Crippen molar-refractivity contribution in [2.24, 2.45) is 0 Å². The van der Waals surface area contributed by atoms with Gasteiger partial charge < -0.3 is 105 Å². The van der Waals surface area contributed by atoms with Crippen molar-refractivity contribution in [2.75, 3.05) is 26.4 Å². The Morgan fingerprint density at radius 2 is 0.917 bits per heavy atom. The van der Waals surface area contributed by atoms with Gasteiger partial charge in [0.15, 0.2) is 25.2 Å². The van der Waals surface area contributed by atoms with Gasteiger partial charge in [-0.05, 0) is 0 Å². The molecule has 0 aromatic carbocycles. The van der Waals surface area contributed by atoms with Crippen molar-refractivity contribution in [2.45, 2.75) is 130 Å². The zero-order valence-corrected chi connectivity index (χ0v) is 25.5. The average molecular weight is 708 g/mol. The summed E-state index contributed by atoms with van der Waals surface area (Å²) >= 11 is 0. The van der Waals surface area contributed by atoms with E-state index in [0.717, 1.165) is 6.92 Å². The molecule has 0 bridgehead atoms. The van der Waals surface area contributed by atoms with Gasteiger partial charge in [0.25, 0.3) is 0 Å². The summed E-state index contributed by atoms with van der Waals surface area (Å²) in [5.74, 6) is -0.749. The first-order valence-electron chi connectivity index (χ1n) is 15.1. The smallest absolute Gasteiger partial charge is 0.217 e. The third kappa shape index (κ3) is 8.08. The highest BCUT2D eigenvalue weighted by atomic mass is 16.8. The summed E-state index contributed by atoms with van der Waals surface area (Å²) in [6, 6.07) is -1.57. The number of nitrogens with one attached hydrogen (secondary N) is 1. The normalized spacial score (nSPS) is 50.2. The van der Waals surface area contributed by atoms with E-state index < -0.39 is 155 Å². The summed E-state index contributed by atoms with van der Waals surface area (Å²) in [6.45, 7) is -2.37. The van der Waals surface area contributed by atoms with Crippen molar-refractivity contribution in [3.8, 4) is 0 Å². The Hall–Kier alpha value is -1.33. The molecule has 0 aromatic heterocycles. The second-order valence-electron chi connectivity index (χ2n) is 11.9. The minimum atomic E-state index is -2.03. The van der Waals surface area contributed by atoms with Crippen LogP contribution in [0.2, 0.25) is 0 Å². The highest BCUT2D eigenvalue weighted by molar-refractivity contribution is 5.73. The third-order valence-electron chi connectivity index (χ3n) is 8.61. The molecule has 14 N–H and O–H groups in total. The zero-order valence-electron chi connectivity index (χ0n) is 25.5. The summed E-state index contributed by atoms with van der Waals surface area (Å²) in [5.41, 5.74) is 0. The number of hydrogen-bond acceptors (Lipinski definition) is 21. The second kappa shape index (κ2) is 16.8. The molecule has 0 aromatic rings. The van der Waals surface area contributed by atoms with Crippen LogP contribution in [0.5, 0.6) is 0 Å². The summed E-state index contributed by atoms with van der Waals surface area (Å²) in [5, 5.41) is 136. The van der Waals surface area contributed by atoms with Crippen molar-refractivity contribution in [3.63, 3.8) is 0 Å². The van der Waals surface area contributed by atoms with Gasteiger partial charge in [0.2, 0.25) is 5.91 Å². The number of amides is 1. The molecular formula is C26H45NO21. The standard InChI is InChI=1S/C26H45NO21/c1-6(32)27-11-22(48-25-18(39)14(35)12(33)7(2-28)44-25)13(34)8(3-29)43-24(11)46-21-10(5-31)45-26(19(40)16(21)37)47-20-9(4-30)42-23(41)17(38)15(20)36/h7-26,28-31,33-41H,2-5H2,1H3,(H,27,32)/t7-,8-,9-,10-,11-,12+,13+,14+,15-,16-,17-,18-,19-,20+,21+,22-,23?,24+,25+,26+/m1/s1. The van der Waals surface area contributed by atoms with Gasteiger partial charge in [0.1, 0.15) is 97.6 Å². The number of ether oxygens (including phenoxy) is 7. The fourth-order valence-electron chi connectivity index (χ4n) is 5.95. The molecule has 4 heterocycles. The number of carbonyl (C=O) groups is 1. The maximum Gasteiger partial charge on any atom is 0.217 e. The Kier molecular flexibility index (Phi) is 13.8. The van der Waals surface area contributed by atoms with Crippen LogP contribution in [0.25, 0.3) is 0 Å². The summed E-state index contributed by atoms with van der Waals surface area (Å²) in [6.07, 6.45) is -33.5. The number of rotatable bonds is 11. The van der Waals surface area contributed by atoms with E-state index >= 15 is 0 Å². The van der Waals surface area contributed by atoms with Gasteiger partial charge in [-0.2, -0.15) is 0 Å². The Morgan fingerprint density at radius 1 is 0.500 bits per heavy atom. The van der Waals surface area contributed by atoms with Crippen LogP contribution in [0.15, 0.2) is 0 Å². The van der Waals surface area contributed by atoms with Gasteiger partial charge in [-0.15, -0.1) is 0 Å². The maximum atomic E-state index is 12.2. The molecule has 4 rings (SSSR count). The first-order valence-corrected chi connectivity index (χ1v) is 15.1. The van der Waals surface area contributed by atoms with Crippen molar-refractivity contribution in [3.05, 3.63) is 0 Å². The molecule has 0 saturated carbocycles. The average Bonchev–Trinajstić information content (AvgIpc) is 3.06. The molecule has 0 spiro atoms. The monoisotopic (exact) mass is 707 g/mol. The summed E-state index contributed by atoms with van der Waals surface area (Å²) < 4.78 is 38.7. The first-order chi connectivity index (χ1) is 22.7. The SMILES string of the molecule is CC(=O)N[C@H]1[C@H](O[C@@H]2[C@H](O)[C@@H](O)[C@H](O[C@@H]3[C@H](O)[C@@H](O)C(O)O[C@@H]3CO)O[C@@H]2CO)O[C@H](CO)[C@H](O)[C@@H]1O[C@@H]1O[C@H](CO)[C@H](O)[C@H](O)[C@H]1O. The predicted molar refractivity (Wildman–Crippen MR) is 145 cm³/mol. The van der Waals surface area contributed by atoms with E-state index in [0.29, 0.717) is 0 Å². The van der Waals surface area contributed by atoms with Crippen LogP contribution < -0.4 is 5.32 Å². The molecule has 0 radical (unpaired) electrons. The van der Waals surface area contributed by atoms with Gasteiger partial charge in [0, 0.05) is 6.92 Å². The molecule has 1 unspecified atom stereocenters. The molecule has 20 atom stereocenters. The van der Waals surface area contributed by atoms with Crippen molar-refractivity contribution in [1.29, 1.82) is 0 Å². The van der Waals surface area contributed by atoms with Gasteiger partial charge in [-0.3, -0.25) is 4.79 Å².